The number of hydrogen-bond acceptors (Lipinski definition) is 18. The number of ether oxygens (including phenoxy) is 4. The highest BCUT2D eigenvalue weighted by Gasteiger charge is 2.21. The molecule has 0 aliphatic carbocycles. The van der Waals surface area contributed by atoms with Gasteiger partial charge in [0, 0.05) is 93.7 Å². The molecule has 16 nitrogen and oxygen atoms in total. The van der Waals surface area contributed by atoms with E-state index in [1.54, 1.807) is 83.6 Å². The number of hydrogen-bond donors (Lipinski definition) is 0. The maximum Gasteiger partial charge on any atom is 0.298 e. The highest BCUT2D eigenvalue weighted by molar-refractivity contribution is 7.20. The van der Waals surface area contributed by atoms with Gasteiger partial charge in [-0.2, -0.15) is 0 Å². The Morgan fingerprint density at radius 2 is 0.611 bits per heavy atom. The van der Waals surface area contributed by atoms with E-state index in [9.17, 15) is 19.2 Å². The average Bonchev–Trinajstić information content (AvgIpc) is 1.81. The van der Waals surface area contributed by atoms with Crippen LogP contribution in [-0.4, -0.2) is 55.8 Å². The molecule has 90 heavy (non-hydrogen) atoms. The second-order valence-corrected chi connectivity index (χ2v) is 23.1. The summed E-state index contributed by atoms with van der Waals surface area (Å²) < 4.78 is 20.3. The molecule has 0 bridgehead atoms. The number of carbonyl (C=O) groups is 4. The smallest absolute Gasteiger partial charge is 0.298 e. The second kappa shape index (κ2) is 27.6. The first-order valence-electron chi connectivity index (χ1n) is 28.2. The van der Waals surface area contributed by atoms with E-state index in [4.69, 9.17) is 28.9 Å². The van der Waals surface area contributed by atoms with Gasteiger partial charge >= 0.3 is 0 Å². The lowest BCUT2D eigenvalue weighted by atomic mass is 10.1. The van der Waals surface area contributed by atoms with E-state index in [1.165, 1.54) is 45.8 Å². The van der Waals surface area contributed by atoms with Crippen LogP contribution in [0.3, 0.4) is 0 Å². The summed E-state index contributed by atoms with van der Waals surface area (Å²) in [6.07, 6.45) is 6.48. The summed E-state index contributed by atoms with van der Waals surface area (Å²) in [4.78, 5) is 78.2. The van der Waals surface area contributed by atoms with Crippen LogP contribution in [0.2, 0.25) is 0 Å². The first-order valence-corrected chi connectivity index (χ1v) is 29.8. The van der Waals surface area contributed by atoms with Crippen LogP contribution in [0.1, 0.15) is 33.4 Å². The van der Waals surface area contributed by atoms with Gasteiger partial charge in [-0.3, -0.25) is 39.1 Å². The lowest BCUT2D eigenvalue weighted by Gasteiger charge is -2.25. The summed E-state index contributed by atoms with van der Waals surface area (Å²) in [7, 11) is 0. The predicted molar refractivity (Wildman–Crippen MR) is 353 cm³/mol. The molecule has 0 atom stereocenters. The number of anilines is 6. The van der Waals surface area contributed by atoms with E-state index < -0.39 is 0 Å². The molecule has 0 saturated carbocycles. The standard InChI is InChI=1S/C37H30N4O4S.C35H26N4O4S/c1-23-11-24(2)14-28(13-23)41(29-15-25(3)12-26(4)16-29)37-6-5-36(46-37)27-7-9-38-32(17-27)34-19-31(45-22-43)20-35(40-34)33-18-30(44-21-42)8-10-39-33;1-23-3-7-26(8-4-23)39(27-9-5-24(2)6-10-27)35-12-11-34(44-35)25-13-15-36-30(17-25)32-19-29(43-22-41)20-33(38-32)31-18-28(42-21-40)14-16-37-31/h5-22H,1-4H3;3-22H,1-2H3. The van der Waals surface area contributed by atoms with Gasteiger partial charge in [0.05, 0.1) is 45.6 Å². The number of thiophene rings is 2. The van der Waals surface area contributed by atoms with Crippen LogP contribution < -0.4 is 28.7 Å². The summed E-state index contributed by atoms with van der Waals surface area (Å²) in [5, 5.41) is 2.14. The van der Waals surface area contributed by atoms with Gasteiger partial charge in [0.15, 0.2) is 0 Å². The SMILES string of the molecule is Cc1cc(C)cc(N(c2cc(C)cc(C)c2)c2ccc(-c3ccnc(-c4cc(OC=O)cc(-c5cc(OC=O)ccn5)n4)c3)s2)c1.Cc1ccc(N(c2ccc(C)cc2)c2ccc(-c3ccnc(-c4cc(OC=O)cc(-c5cc(OC=O)ccn5)n4)c3)s2)cc1. The molecule has 0 unspecified atom stereocenters. The van der Waals surface area contributed by atoms with E-state index in [0.717, 1.165) is 53.6 Å². The Morgan fingerprint density at radius 1 is 0.300 bits per heavy atom. The van der Waals surface area contributed by atoms with Crippen molar-refractivity contribution in [2.45, 2.75) is 41.5 Å². The Balaban J connectivity index is 0.000000185. The summed E-state index contributed by atoms with van der Waals surface area (Å²) in [5.74, 6) is 1.19. The fraction of sp³-hybridized carbons (Fsp3) is 0.0833. The van der Waals surface area contributed by atoms with Crippen molar-refractivity contribution in [3.63, 3.8) is 0 Å². The number of carbonyl (C=O) groups excluding carboxylic acids is 4. The van der Waals surface area contributed by atoms with Crippen molar-refractivity contribution in [3.05, 3.63) is 240 Å². The molecule has 0 saturated heterocycles. The molecular formula is C72H56N8O8S2. The van der Waals surface area contributed by atoms with Gasteiger partial charge in [-0.15, -0.1) is 22.7 Å². The maximum absolute atomic E-state index is 11.2. The molecule has 0 aliphatic heterocycles. The average molecular weight is 1230 g/mol. The number of aryl methyl sites for hydroxylation is 6. The maximum atomic E-state index is 11.2. The molecule has 0 aliphatic rings. The quantitative estimate of drug-likeness (QED) is 0.0655. The topological polar surface area (TPSA) is 189 Å². The molecule has 12 aromatic rings. The molecule has 444 valence electrons. The van der Waals surface area contributed by atoms with Gasteiger partial charge in [-0.25, -0.2) is 9.97 Å². The third-order valence-electron chi connectivity index (χ3n) is 14.1. The van der Waals surface area contributed by atoms with Crippen molar-refractivity contribution in [1.29, 1.82) is 0 Å². The van der Waals surface area contributed by atoms with Crippen LogP contribution in [0.4, 0.5) is 32.8 Å². The van der Waals surface area contributed by atoms with E-state index in [0.29, 0.717) is 82.9 Å². The Morgan fingerprint density at radius 3 is 0.967 bits per heavy atom. The van der Waals surface area contributed by atoms with Crippen LogP contribution in [0.25, 0.3) is 66.4 Å². The molecule has 0 amide bonds. The molecular weight excluding hydrogens is 1170 g/mol. The summed E-state index contributed by atoms with van der Waals surface area (Å²) in [6, 6.07) is 59.3. The predicted octanol–water partition coefficient (Wildman–Crippen LogP) is 16.8. The fourth-order valence-electron chi connectivity index (χ4n) is 10.2. The zero-order valence-corrected chi connectivity index (χ0v) is 51.2. The summed E-state index contributed by atoms with van der Waals surface area (Å²) in [6.45, 7) is 14.0. The minimum atomic E-state index is 0.279. The van der Waals surface area contributed by atoms with Crippen molar-refractivity contribution >= 4 is 81.3 Å². The van der Waals surface area contributed by atoms with E-state index >= 15 is 0 Å². The Labute approximate surface area is 527 Å². The normalized spacial score (nSPS) is 10.7. The van der Waals surface area contributed by atoms with Crippen molar-refractivity contribution < 1.29 is 38.1 Å². The Kier molecular flexibility index (Phi) is 18.5. The number of benzene rings is 4. The zero-order valence-electron chi connectivity index (χ0n) is 49.6. The first-order chi connectivity index (χ1) is 43.8. The number of aromatic nitrogens is 6. The van der Waals surface area contributed by atoms with Crippen molar-refractivity contribution in [1.82, 2.24) is 29.9 Å². The third-order valence-corrected chi connectivity index (χ3v) is 16.3. The van der Waals surface area contributed by atoms with Gasteiger partial charge in [0.25, 0.3) is 25.9 Å². The molecule has 0 N–H and O–H groups in total. The minimum Gasteiger partial charge on any atom is -0.429 e. The highest BCUT2D eigenvalue weighted by atomic mass is 32.1. The van der Waals surface area contributed by atoms with Gasteiger partial charge in [-0.1, -0.05) is 47.5 Å². The molecule has 12 rings (SSSR count). The number of nitrogens with zero attached hydrogens (tertiary/aromatic N) is 8. The molecule has 8 aromatic heterocycles. The fourth-order valence-corrected chi connectivity index (χ4v) is 12.2. The summed E-state index contributed by atoms with van der Waals surface area (Å²) in [5.41, 5.74) is 17.4. The largest absolute Gasteiger partial charge is 0.429 e. The molecule has 4 aromatic carbocycles. The zero-order chi connectivity index (χ0) is 62.7. The Bertz CT molecular complexity index is 4450. The van der Waals surface area contributed by atoms with E-state index in [2.05, 4.69) is 180 Å². The second-order valence-electron chi connectivity index (χ2n) is 20.9. The first kappa shape index (κ1) is 60.4. The van der Waals surface area contributed by atoms with E-state index in [1.807, 2.05) is 24.3 Å². The molecule has 0 radical (unpaired) electrons. The Hall–Kier alpha value is -11.3. The van der Waals surface area contributed by atoms with Crippen molar-refractivity contribution in [2.75, 3.05) is 9.80 Å². The van der Waals surface area contributed by atoms with Crippen LogP contribution in [0.5, 0.6) is 23.0 Å². The van der Waals surface area contributed by atoms with Crippen LogP contribution in [0, 0.1) is 41.5 Å². The summed E-state index contributed by atoms with van der Waals surface area (Å²) >= 11 is 3.35. The lowest BCUT2D eigenvalue weighted by Crippen LogP contribution is -2.09. The van der Waals surface area contributed by atoms with Gasteiger partial charge in [-0.05, 0) is 184 Å². The highest BCUT2D eigenvalue weighted by Crippen LogP contribution is 2.45. The van der Waals surface area contributed by atoms with Gasteiger partial charge in [0.1, 0.15) is 33.0 Å². The molecule has 0 fully saturated rings. The van der Waals surface area contributed by atoms with Crippen LogP contribution >= 0.6 is 22.7 Å². The molecule has 0 spiro atoms. The lowest BCUT2D eigenvalue weighted by molar-refractivity contribution is -0.121. The molecule has 18 heteroatoms. The monoisotopic (exact) mass is 1220 g/mol. The minimum absolute atomic E-state index is 0.279. The van der Waals surface area contributed by atoms with Crippen LogP contribution in [-0.2, 0) is 19.2 Å². The van der Waals surface area contributed by atoms with E-state index in [-0.39, 0.29) is 11.5 Å². The number of pyridine rings is 6. The molecule has 8 heterocycles. The number of rotatable bonds is 20. The third kappa shape index (κ3) is 14.4. The van der Waals surface area contributed by atoms with Crippen molar-refractivity contribution in [3.8, 4) is 89.4 Å². The van der Waals surface area contributed by atoms with Gasteiger partial charge < -0.3 is 28.7 Å². The van der Waals surface area contributed by atoms with Gasteiger partial charge in [0.2, 0.25) is 0 Å². The van der Waals surface area contributed by atoms with Crippen molar-refractivity contribution in [2.24, 2.45) is 0 Å². The van der Waals surface area contributed by atoms with Crippen LogP contribution in [0.15, 0.2) is 207 Å².